The van der Waals surface area contributed by atoms with Crippen molar-refractivity contribution < 1.29 is 19.7 Å². The zero-order valence-corrected chi connectivity index (χ0v) is 13.9. The fourth-order valence-corrected chi connectivity index (χ4v) is 2.39. The van der Waals surface area contributed by atoms with E-state index in [0.717, 1.165) is 0 Å². The van der Waals surface area contributed by atoms with Crippen LogP contribution in [0.5, 0.6) is 5.88 Å². The molecule has 2 aromatic rings. The first kappa shape index (κ1) is 17.6. The fourth-order valence-electron chi connectivity index (χ4n) is 2.39. The number of pyridine rings is 1. The molecule has 0 radical (unpaired) electrons. The van der Waals surface area contributed by atoms with E-state index in [-0.39, 0.29) is 38.0 Å². The minimum absolute atomic E-state index is 0.0761. The Hall–Kier alpha value is -3.17. The van der Waals surface area contributed by atoms with Crippen LogP contribution in [0, 0.1) is 5.41 Å². The molecule has 0 fully saturated rings. The fraction of sp³-hybridized carbons (Fsp3) is 0.235. The second-order valence-electron chi connectivity index (χ2n) is 5.35. The number of ether oxygens (including phenoxy) is 2. The first-order chi connectivity index (χ1) is 12.6. The van der Waals surface area contributed by atoms with Crippen LogP contribution in [0.15, 0.2) is 53.0 Å². The molecule has 0 spiro atoms. The number of nitrogens with one attached hydrogen (secondary N) is 1. The first-order valence-electron chi connectivity index (χ1n) is 7.95. The Morgan fingerprint density at radius 3 is 2.69 bits per heavy atom. The van der Waals surface area contributed by atoms with Gasteiger partial charge in [0.25, 0.3) is 5.88 Å². The van der Waals surface area contributed by atoms with Crippen molar-refractivity contribution in [3.63, 3.8) is 0 Å². The topological polar surface area (TPSA) is 138 Å². The third-order valence-electron chi connectivity index (χ3n) is 3.52. The summed E-state index contributed by atoms with van der Waals surface area (Å²) in [4.78, 5) is 4.52. The van der Waals surface area contributed by atoms with Crippen LogP contribution in [0.3, 0.4) is 0 Å². The second kappa shape index (κ2) is 7.81. The number of aliphatic hydroxyl groups is 2. The van der Waals surface area contributed by atoms with E-state index in [9.17, 15) is 0 Å². The quantitative estimate of drug-likeness (QED) is 0.534. The van der Waals surface area contributed by atoms with Gasteiger partial charge in [0.05, 0.1) is 35.9 Å². The Bertz CT molecular complexity index is 913. The van der Waals surface area contributed by atoms with Crippen LogP contribution in [-0.2, 0) is 4.74 Å². The first-order valence-corrected chi connectivity index (χ1v) is 7.95. The van der Waals surface area contributed by atoms with Gasteiger partial charge in [0, 0.05) is 12.3 Å². The van der Waals surface area contributed by atoms with E-state index in [1.54, 1.807) is 10.7 Å². The molecule has 0 aromatic carbocycles. The van der Waals surface area contributed by atoms with Gasteiger partial charge >= 0.3 is 0 Å². The molecule has 0 saturated heterocycles. The number of rotatable bonds is 7. The highest BCUT2D eigenvalue weighted by atomic mass is 16.5. The van der Waals surface area contributed by atoms with Gasteiger partial charge < -0.3 is 25.4 Å². The summed E-state index contributed by atoms with van der Waals surface area (Å²) in [5, 5.41) is 30.3. The van der Waals surface area contributed by atoms with Crippen molar-refractivity contribution in [2.45, 2.75) is 0 Å². The lowest BCUT2D eigenvalue weighted by atomic mass is 10.1. The van der Waals surface area contributed by atoms with Crippen molar-refractivity contribution in [2.75, 3.05) is 26.4 Å². The van der Waals surface area contributed by atoms with Gasteiger partial charge in [0.1, 0.15) is 19.0 Å². The van der Waals surface area contributed by atoms with Gasteiger partial charge in [0.15, 0.2) is 5.69 Å². The van der Waals surface area contributed by atoms with Crippen molar-refractivity contribution in [1.82, 2.24) is 9.61 Å². The van der Waals surface area contributed by atoms with Gasteiger partial charge in [-0.15, -0.1) is 5.10 Å². The number of aliphatic hydroxyl groups excluding tert-OH is 2. The second-order valence-corrected chi connectivity index (χ2v) is 5.35. The Morgan fingerprint density at radius 1 is 1.15 bits per heavy atom. The number of nitrogens with two attached hydrogens (primary N) is 1. The summed E-state index contributed by atoms with van der Waals surface area (Å²) in [6.07, 6.45) is 4.72. The van der Waals surface area contributed by atoms with Crippen molar-refractivity contribution >= 4 is 22.6 Å². The van der Waals surface area contributed by atoms with E-state index in [4.69, 9.17) is 30.8 Å². The molecule has 1 aliphatic carbocycles. The number of fused-ring (bicyclic) bond motifs is 1. The highest BCUT2D eigenvalue weighted by Crippen LogP contribution is 2.32. The number of hydrogen-bond donors (Lipinski definition) is 4. The summed E-state index contributed by atoms with van der Waals surface area (Å²) in [6, 6.07) is 5.48. The minimum atomic E-state index is -0.155. The maximum Gasteiger partial charge on any atom is 0.260 e. The lowest BCUT2D eigenvalue weighted by Crippen LogP contribution is -2.20. The number of nitrogens with zero attached hydrogens (tertiary/aromatic N) is 3. The van der Waals surface area contributed by atoms with E-state index in [0.29, 0.717) is 28.4 Å². The normalized spacial score (nSPS) is 15.9. The Kier molecular flexibility index (Phi) is 5.30. The van der Waals surface area contributed by atoms with Crippen LogP contribution in [0.2, 0.25) is 0 Å². The molecule has 0 saturated carbocycles. The highest BCUT2D eigenvalue weighted by molar-refractivity contribution is 6.50. The van der Waals surface area contributed by atoms with Crippen LogP contribution in [0.1, 0.15) is 0 Å². The van der Waals surface area contributed by atoms with E-state index in [2.05, 4.69) is 10.1 Å². The predicted molar refractivity (Wildman–Crippen MR) is 96.0 cm³/mol. The average molecular weight is 357 g/mol. The summed E-state index contributed by atoms with van der Waals surface area (Å²) < 4.78 is 12.5. The molecule has 0 unspecified atom stereocenters. The molecule has 0 bridgehead atoms. The van der Waals surface area contributed by atoms with Crippen LogP contribution >= 0.6 is 0 Å². The number of aromatic nitrogens is 2. The molecule has 0 aliphatic heterocycles. The molecule has 26 heavy (non-hydrogen) atoms. The van der Waals surface area contributed by atoms with Crippen molar-refractivity contribution in [2.24, 2.45) is 10.7 Å². The van der Waals surface area contributed by atoms with Crippen molar-refractivity contribution in [3.8, 4) is 5.88 Å². The van der Waals surface area contributed by atoms with Crippen molar-refractivity contribution in [3.05, 3.63) is 48.0 Å². The number of hydrogen-bond acceptors (Lipinski definition) is 8. The van der Waals surface area contributed by atoms with Gasteiger partial charge in [-0.05, 0) is 18.2 Å². The van der Waals surface area contributed by atoms with E-state index in [1.165, 1.54) is 12.2 Å². The average Bonchev–Trinajstić information content (AvgIpc) is 2.98. The number of aliphatic imine (C=N–C) groups is 1. The van der Waals surface area contributed by atoms with Gasteiger partial charge in [0.2, 0.25) is 0 Å². The highest BCUT2D eigenvalue weighted by Gasteiger charge is 2.19. The van der Waals surface area contributed by atoms with Crippen molar-refractivity contribution in [1.29, 1.82) is 5.41 Å². The lowest BCUT2D eigenvalue weighted by Gasteiger charge is -2.15. The Morgan fingerprint density at radius 2 is 1.92 bits per heavy atom. The maximum atomic E-state index is 9.01. The molecule has 0 amide bonds. The molecule has 0 atom stereocenters. The molecule has 136 valence electrons. The minimum Gasteiger partial charge on any atom is -0.489 e. The molecule has 2 heterocycles. The summed E-state index contributed by atoms with van der Waals surface area (Å²) in [5.74, 6) is 0.586. The summed E-state index contributed by atoms with van der Waals surface area (Å²) in [6.45, 7) is -0.144. The molecule has 2 aromatic heterocycles. The largest absolute Gasteiger partial charge is 0.489 e. The standard InChI is InChI=1S/C17H19N5O4/c18-11-9-12(19)15(25-7-5-23)10-13(11)20-16-14-3-1-2-4-22(14)21-17(16)26-8-6-24/h1-4,9-10,18,23-24H,5-8,19H2. The smallest absolute Gasteiger partial charge is 0.260 e. The monoisotopic (exact) mass is 357 g/mol. The van der Waals surface area contributed by atoms with Crippen LogP contribution in [0.4, 0.5) is 5.69 Å². The van der Waals surface area contributed by atoms with E-state index >= 15 is 0 Å². The molecule has 9 nitrogen and oxygen atoms in total. The molecular formula is C17H19N5O4. The summed E-state index contributed by atoms with van der Waals surface area (Å²) in [7, 11) is 0. The van der Waals surface area contributed by atoms with E-state index in [1.807, 2.05) is 18.2 Å². The Balaban J connectivity index is 2.05. The molecule has 9 heteroatoms. The third kappa shape index (κ3) is 3.58. The van der Waals surface area contributed by atoms with Crippen LogP contribution in [-0.4, -0.2) is 57.7 Å². The van der Waals surface area contributed by atoms with Gasteiger partial charge in [-0.3, -0.25) is 5.41 Å². The molecule has 3 rings (SSSR count). The van der Waals surface area contributed by atoms with Gasteiger partial charge in [-0.1, -0.05) is 6.07 Å². The van der Waals surface area contributed by atoms with Crippen LogP contribution < -0.4 is 10.5 Å². The van der Waals surface area contributed by atoms with E-state index < -0.39 is 0 Å². The molecule has 5 N–H and O–H groups in total. The molecule has 1 aliphatic rings. The lowest BCUT2D eigenvalue weighted by molar-refractivity contribution is 0.149. The predicted octanol–water partition coefficient (Wildman–Crippen LogP) is 0.547. The third-order valence-corrected chi connectivity index (χ3v) is 3.52. The Labute approximate surface area is 149 Å². The molecular weight excluding hydrogens is 338 g/mol. The summed E-state index contributed by atoms with van der Waals surface area (Å²) in [5.41, 5.74) is 7.70. The SMILES string of the molecule is N=C1C=C(N)C(OCCO)=CC1=Nc1c(OCCO)nn2ccccc12. The van der Waals surface area contributed by atoms with Gasteiger partial charge in [-0.2, -0.15) is 0 Å². The zero-order chi connectivity index (χ0) is 18.5. The van der Waals surface area contributed by atoms with Crippen LogP contribution in [0.25, 0.3) is 5.52 Å². The van der Waals surface area contributed by atoms with Gasteiger partial charge in [-0.25, -0.2) is 9.51 Å². The number of allylic oxidation sites excluding steroid dienone is 2. The zero-order valence-electron chi connectivity index (χ0n) is 13.9. The maximum absolute atomic E-state index is 9.01. The summed E-state index contributed by atoms with van der Waals surface area (Å²) >= 11 is 0.